The molecule has 0 spiro atoms. The third kappa shape index (κ3) is 5.61. The first kappa shape index (κ1) is 19.0. The number of hydrogen-bond acceptors (Lipinski definition) is 4. The maximum Gasteiger partial charge on any atom is 0.407 e. The molecule has 0 radical (unpaired) electrons. The second-order valence-corrected chi connectivity index (χ2v) is 5.91. The van der Waals surface area contributed by atoms with Gasteiger partial charge in [0.15, 0.2) is 0 Å². The zero-order chi connectivity index (χ0) is 19.6. The van der Waals surface area contributed by atoms with Crippen molar-refractivity contribution in [2.75, 3.05) is 13.7 Å². The first-order chi connectivity index (χ1) is 13.7. The van der Waals surface area contributed by atoms with Gasteiger partial charge >= 0.3 is 6.09 Å². The number of nitrogens with one attached hydrogen (secondary N) is 1. The Morgan fingerprint density at radius 1 is 1.04 bits per heavy atom. The van der Waals surface area contributed by atoms with Crippen LogP contribution in [0.1, 0.15) is 22.8 Å². The second-order valence-electron chi connectivity index (χ2n) is 5.91. The van der Waals surface area contributed by atoms with Crippen LogP contribution in [0, 0.1) is 11.8 Å². The summed E-state index contributed by atoms with van der Waals surface area (Å²) in [5.41, 5.74) is 2.91. The van der Waals surface area contributed by atoms with Crippen molar-refractivity contribution in [3.63, 3.8) is 0 Å². The van der Waals surface area contributed by atoms with E-state index in [1.807, 2.05) is 66.7 Å². The number of methoxy groups -OCH3 is 1. The molecule has 1 aliphatic rings. The van der Waals surface area contributed by atoms with Crippen molar-refractivity contribution >= 4 is 6.09 Å². The molecule has 1 saturated heterocycles. The molecular formula is C23H20N2O3. The number of alkyl carbamates (subject to hydrolysis) is 1. The highest BCUT2D eigenvalue weighted by molar-refractivity contribution is 5.69. The molecular weight excluding hydrogens is 352 g/mol. The summed E-state index contributed by atoms with van der Waals surface area (Å²) in [5.74, 6) is 6.89. The number of benzene rings is 2. The summed E-state index contributed by atoms with van der Waals surface area (Å²) in [6.45, 7) is 0.520. The molecule has 0 unspecified atom stereocenters. The quantitative estimate of drug-likeness (QED) is 0.692. The van der Waals surface area contributed by atoms with E-state index in [0.717, 1.165) is 22.4 Å². The van der Waals surface area contributed by atoms with E-state index in [-0.39, 0.29) is 12.2 Å². The topological polar surface area (TPSA) is 60.5 Å². The van der Waals surface area contributed by atoms with Gasteiger partial charge in [0.25, 0.3) is 0 Å². The van der Waals surface area contributed by atoms with Crippen LogP contribution in [0.15, 0.2) is 79.1 Å². The molecule has 5 heteroatoms. The smallest absolute Gasteiger partial charge is 0.407 e. The normalized spacial score (nSPS) is 14.5. The molecule has 140 valence electrons. The number of cyclic esters (lactones) is 1. The predicted molar refractivity (Wildman–Crippen MR) is 107 cm³/mol. The summed E-state index contributed by atoms with van der Waals surface area (Å²) >= 11 is 0. The Morgan fingerprint density at radius 3 is 2.50 bits per heavy atom. The fourth-order valence-corrected chi connectivity index (χ4v) is 2.52. The average Bonchev–Trinajstić information content (AvgIpc) is 3.21. The van der Waals surface area contributed by atoms with Crippen LogP contribution >= 0.6 is 0 Å². The van der Waals surface area contributed by atoms with Crippen LogP contribution in [0.2, 0.25) is 0 Å². The van der Waals surface area contributed by atoms with Gasteiger partial charge in [0.2, 0.25) is 0 Å². The van der Waals surface area contributed by atoms with Crippen LogP contribution in [0.4, 0.5) is 4.79 Å². The molecule has 4 rings (SSSR count). The first-order valence-electron chi connectivity index (χ1n) is 8.80. The van der Waals surface area contributed by atoms with Crippen molar-refractivity contribution in [3.8, 4) is 17.6 Å². The van der Waals surface area contributed by atoms with Gasteiger partial charge in [-0.25, -0.2) is 4.79 Å². The molecule has 1 N–H and O–H groups in total. The van der Waals surface area contributed by atoms with Crippen LogP contribution in [-0.4, -0.2) is 24.7 Å². The van der Waals surface area contributed by atoms with Crippen molar-refractivity contribution < 1.29 is 14.3 Å². The number of amides is 1. The Labute approximate surface area is 164 Å². The zero-order valence-corrected chi connectivity index (χ0v) is 15.5. The van der Waals surface area contributed by atoms with E-state index < -0.39 is 0 Å². The van der Waals surface area contributed by atoms with E-state index in [4.69, 9.17) is 9.47 Å². The Bertz CT molecular complexity index is 920. The van der Waals surface area contributed by atoms with Crippen LogP contribution in [0.3, 0.4) is 0 Å². The third-order valence-electron chi connectivity index (χ3n) is 3.93. The maximum absolute atomic E-state index is 10.8. The highest BCUT2D eigenvalue weighted by Crippen LogP contribution is 2.24. The van der Waals surface area contributed by atoms with Gasteiger partial charge in [0.05, 0.1) is 13.7 Å². The van der Waals surface area contributed by atoms with E-state index >= 15 is 0 Å². The lowest BCUT2D eigenvalue weighted by molar-refractivity contribution is 0.141. The predicted octanol–water partition coefficient (Wildman–Crippen LogP) is 3.96. The van der Waals surface area contributed by atoms with Gasteiger partial charge < -0.3 is 14.8 Å². The summed E-state index contributed by atoms with van der Waals surface area (Å²) in [5, 5.41) is 2.60. The molecule has 1 amide bonds. The number of rotatable bonds is 2. The van der Waals surface area contributed by atoms with Gasteiger partial charge in [0.1, 0.15) is 11.9 Å². The molecule has 1 aliphatic heterocycles. The number of ether oxygens (including phenoxy) is 2. The summed E-state index contributed by atoms with van der Waals surface area (Å²) < 4.78 is 10.1. The minimum atomic E-state index is -0.363. The van der Waals surface area contributed by atoms with E-state index in [1.54, 1.807) is 19.5 Å². The monoisotopic (exact) mass is 372 g/mol. The zero-order valence-electron chi connectivity index (χ0n) is 15.5. The number of pyridine rings is 1. The number of carbonyl (C=O) groups excluding carboxylic acids is 1. The average molecular weight is 372 g/mol. The maximum atomic E-state index is 10.8. The van der Waals surface area contributed by atoms with Crippen LogP contribution in [0.25, 0.3) is 0 Å². The molecule has 28 heavy (non-hydrogen) atoms. The van der Waals surface area contributed by atoms with Crippen LogP contribution < -0.4 is 10.1 Å². The largest absolute Gasteiger partial charge is 0.497 e. The van der Waals surface area contributed by atoms with Gasteiger partial charge in [-0.2, -0.15) is 0 Å². The lowest BCUT2D eigenvalue weighted by atomic mass is 10.1. The van der Waals surface area contributed by atoms with Crippen molar-refractivity contribution in [1.29, 1.82) is 0 Å². The first-order valence-corrected chi connectivity index (χ1v) is 8.80. The summed E-state index contributed by atoms with van der Waals surface area (Å²) in [4.78, 5) is 14.8. The molecule has 1 aromatic heterocycles. The molecule has 2 heterocycles. The highest BCUT2D eigenvalue weighted by atomic mass is 16.6. The Kier molecular flexibility index (Phi) is 6.64. The van der Waals surface area contributed by atoms with Crippen molar-refractivity contribution in [1.82, 2.24) is 10.3 Å². The Morgan fingerprint density at radius 2 is 1.82 bits per heavy atom. The third-order valence-corrected chi connectivity index (χ3v) is 3.93. The van der Waals surface area contributed by atoms with Gasteiger partial charge in [0, 0.05) is 23.5 Å². The Hall–Kier alpha value is -3.78. The lowest BCUT2D eigenvalue weighted by Crippen LogP contribution is -2.12. The molecule has 5 nitrogen and oxygen atoms in total. The van der Waals surface area contributed by atoms with E-state index in [1.165, 1.54) is 0 Å². The van der Waals surface area contributed by atoms with Crippen LogP contribution in [0.5, 0.6) is 5.75 Å². The van der Waals surface area contributed by atoms with Crippen LogP contribution in [-0.2, 0) is 4.74 Å². The number of nitrogens with zero attached hydrogens (tertiary/aromatic N) is 1. The molecule has 3 aromatic rings. The minimum Gasteiger partial charge on any atom is -0.497 e. The van der Waals surface area contributed by atoms with E-state index in [2.05, 4.69) is 22.1 Å². The summed E-state index contributed by atoms with van der Waals surface area (Å²) in [6.07, 6.45) is 2.94. The van der Waals surface area contributed by atoms with Gasteiger partial charge in [-0.1, -0.05) is 42.2 Å². The number of carbonyl (C=O) groups is 1. The molecule has 0 saturated carbocycles. The highest BCUT2D eigenvalue weighted by Gasteiger charge is 2.24. The van der Waals surface area contributed by atoms with Crippen molar-refractivity contribution in [3.05, 3.63) is 95.8 Å². The molecule has 1 fully saturated rings. The lowest BCUT2D eigenvalue weighted by Gasteiger charge is -2.08. The van der Waals surface area contributed by atoms with Gasteiger partial charge in [-0.05, 0) is 42.0 Å². The molecule has 2 aromatic carbocycles. The van der Waals surface area contributed by atoms with E-state index in [9.17, 15) is 4.79 Å². The minimum absolute atomic E-state index is 0.197. The molecule has 0 bridgehead atoms. The Balaban J connectivity index is 0.000000161. The van der Waals surface area contributed by atoms with E-state index in [0.29, 0.717) is 6.54 Å². The fraction of sp³-hybridized carbons (Fsp3) is 0.130. The van der Waals surface area contributed by atoms with Gasteiger partial charge in [-0.3, -0.25) is 4.98 Å². The number of aromatic nitrogens is 1. The van der Waals surface area contributed by atoms with Crippen molar-refractivity contribution in [2.45, 2.75) is 6.10 Å². The fourth-order valence-electron chi connectivity index (χ4n) is 2.52. The second kappa shape index (κ2) is 9.79. The molecule has 0 aliphatic carbocycles. The summed E-state index contributed by atoms with van der Waals surface area (Å²) in [6, 6.07) is 21.3. The van der Waals surface area contributed by atoms with Crippen molar-refractivity contribution in [2.24, 2.45) is 0 Å². The number of hydrogen-bond donors (Lipinski definition) is 1. The van der Waals surface area contributed by atoms with Gasteiger partial charge in [-0.15, -0.1) is 0 Å². The SMILES string of the molecule is C(#Cc1cccnc1)c1ccccc1.COc1cccc([C@H]2CNC(=O)O2)c1. The molecule has 1 atom stereocenters. The summed E-state index contributed by atoms with van der Waals surface area (Å²) in [7, 11) is 1.61. The standard InChI is InChI=1S/C13H9N.C10H11NO3/c1-2-5-12(6-3-1)8-9-13-7-4-10-14-11-13;1-13-8-4-2-3-7(5-8)9-6-11-10(12)14-9/h1-7,10-11H;2-5,9H,6H2,1H3,(H,11,12)/t;9-/m.1/s1.